The number of ether oxygens (including phenoxy) is 1. The molecule has 1 aromatic carbocycles. The fraction of sp³-hybridized carbons (Fsp3) is 0.720. The van der Waals surface area contributed by atoms with Crippen LogP contribution in [-0.4, -0.2) is 12.4 Å². The van der Waals surface area contributed by atoms with Crippen LogP contribution < -0.4 is 4.74 Å². The summed E-state index contributed by atoms with van der Waals surface area (Å²) < 4.78 is 46.8. The topological polar surface area (TPSA) is 26.3 Å². The highest BCUT2D eigenvalue weighted by molar-refractivity contribution is 5.99. The van der Waals surface area contributed by atoms with Gasteiger partial charge in [0, 0.05) is 11.5 Å². The maximum atomic E-state index is 14.5. The van der Waals surface area contributed by atoms with Crippen molar-refractivity contribution >= 4 is 5.78 Å². The second-order valence-electron chi connectivity index (χ2n) is 9.12. The van der Waals surface area contributed by atoms with Crippen LogP contribution in [0.25, 0.3) is 0 Å². The van der Waals surface area contributed by atoms with Crippen molar-refractivity contribution in [2.24, 2.45) is 23.7 Å². The van der Waals surface area contributed by atoms with Gasteiger partial charge >= 0.3 is 0 Å². The molecule has 0 saturated heterocycles. The molecular formula is C25H35F3O2. The number of carbonyl (C=O) groups excluding carboxylic acids is 1. The number of hydrogen-bond acceptors (Lipinski definition) is 2. The summed E-state index contributed by atoms with van der Waals surface area (Å²) in [4.78, 5) is 13.0. The largest absolute Gasteiger partial charge is 0.491 e. The number of benzene rings is 1. The van der Waals surface area contributed by atoms with Crippen molar-refractivity contribution in [2.45, 2.75) is 84.5 Å². The molecule has 2 aliphatic rings. The van der Waals surface area contributed by atoms with Gasteiger partial charge in [-0.3, -0.25) is 4.79 Å². The third-order valence-electron chi connectivity index (χ3n) is 7.33. The normalized spacial score (nSPS) is 27.3. The summed E-state index contributed by atoms with van der Waals surface area (Å²) in [5.41, 5.74) is -0.975. The summed E-state index contributed by atoms with van der Waals surface area (Å²) in [6.07, 6.45) is 8.15. The van der Waals surface area contributed by atoms with E-state index in [1.54, 1.807) is 6.92 Å². The van der Waals surface area contributed by atoms with Crippen molar-refractivity contribution in [3.63, 3.8) is 0 Å². The minimum atomic E-state index is -3.04. The van der Waals surface area contributed by atoms with Gasteiger partial charge in [0.25, 0.3) is 6.43 Å². The molecule has 168 valence electrons. The van der Waals surface area contributed by atoms with Gasteiger partial charge in [0.15, 0.2) is 17.3 Å². The summed E-state index contributed by atoms with van der Waals surface area (Å²) in [5.74, 6) is 0.329. The fourth-order valence-electron chi connectivity index (χ4n) is 5.70. The lowest BCUT2D eigenvalue weighted by molar-refractivity contribution is 0.0814. The van der Waals surface area contributed by atoms with Crippen molar-refractivity contribution in [3.05, 3.63) is 29.1 Å². The van der Waals surface area contributed by atoms with E-state index in [1.807, 2.05) is 0 Å². The van der Waals surface area contributed by atoms with Crippen molar-refractivity contribution in [2.75, 3.05) is 6.61 Å². The molecule has 0 bridgehead atoms. The molecule has 2 fully saturated rings. The Morgan fingerprint density at radius 1 is 1.00 bits per heavy atom. The molecule has 0 unspecified atom stereocenters. The third kappa shape index (κ3) is 5.20. The summed E-state index contributed by atoms with van der Waals surface area (Å²) in [7, 11) is 0. The maximum absolute atomic E-state index is 14.5. The average Bonchev–Trinajstić information content (AvgIpc) is 2.75. The summed E-state index contributed by atoms with van der Waals surface area (Å²) in [6, 6.07) is 2.62. The average molecular weight is 425 g/mol. The van der Waals surface area contributed by atoms with E-state index in [2.05, 4.69) is 6.92 Å². The van der Waals surface area contributed by atoms with Crippen molar-refractivity contribution in [1.82, 2.24) is 0 Å². The van der Waals surface area contributed by atoms with Crippen LogP contribution in [0.3, 0.4) is 0 Å². The van der Waals surface area contributed by atoms with Gasteiger partial charge in [0.05, 0.1) is 12.2 Å². The van der Waals surface area contributed by atoms with E-state index >= 15 is 0 Å². The Morgan fingerprint density at radius 2 is 1.60 bits per heavy atom. The zero-order valence-electron chi connectivity index (χ0n) is 18.3. The van der Waals surface area contributed by atoms with Crippen molar-refractivity contribution in [1.29, 1.82) is 0 Å². The number of halogens is 3. The fourth-order valence-corrected chi connectivity index (χ4v) is 5.70. The second kappa shape index (κ2) is 10.7. The molecule has 0 spiro atoms. The van der Waals surface area contributed by atoms with E-state index in [1.165, 1.54) is 50.7 Å². The molecule has 3 rings (SSSR count). The van der Waals surface area contributed by atoms with Crippen molar-refractivity contribution in [3.8, 4) is 5.75 Å². The molecular weight excluding hydrogens is 389 g/mol. The quantitative estimate of drug-likeness (QED) is 0.399. The maximum Gasteiger partial charge on any atom is 0.267 e. The highest BCUT2D eigenvalue weighted by Crippen LogP contribution is 2.43. The SMILES string of the molecule is CCCC1CCC(C2CCC(C(=O)c3ccc(OCC)c(F)c3C(F)F)CC2)CC1. The van der Waals surface area contributed by atoms with Gasteiger partial charge in [0.2, 0.25) is 0 Å². The van der Waals surface area contributed by atoms with Gasteiger partial charge in [-0.2, -0.15) is 0 Å². The lowest BCUT2D eigenvalue weighted by atomic mass is 9.68. The van der Waals surface area contributed by atoms with E-state index in [9.17, 15) is 18.0 Å². The Hall–Kier alpha value is -1.52. The molecule has 5 heteroatoms. The molecule has 0 heterocycles. The van der Waals surface area contributed by atoms with Crippen molar-refractivity contribution < 1.29 is 22.7 Å². The Labute approximate surface area is 178 Å². The first-order chi connectivity index (χ1) is 14.5. The first-order valence-electron chi connectivity index (χ1n) is 11.7. The minimum absolute atomic E-state index is 0.172. The molecule has 0 N–H and O–H groups in total. The molecule has 0 amide bonds. The van der Waals surface area contributed by atoms with E-state index < -0.39 is 17.8 Å². The smallest absolute Gasteiger partial charge is 0.267 e. The number of Topliss-reactive ketones (excluding diaryl/α,β-unsaturated/α-hetero) is 1. The number of carbonyl (C=O) groups is 1. The van der Waals surface area contributed by atoms with E-state index in [-0.39, 0.29) is 29.6 Å². The first-order valence-corrected chi connectivity index (χ1v) is 11.7. The lowest BCUT2D eigenvalue weighted by Gasteiger charge is -2.37. The molecule has 0 radical (unpaired) electrons. The Morgan fingerprint density at radius 3 is 2.13 bits per heavy atom. The van der Waals surface area contributed by atoms with E-state index in [4.69, 9.17) is 4.74 Å². The molecule has 2 aliphatic carbocycles. The highest BCUT2D eigenvalue weighted by atomic mass is 19.3. The molecule has 2 saturated carbocycles. The van der Waals surface area contributed by atoms with E-state index in [0.29, 0.717) is 5.92 Å². The van der Waals surface area contributed by atoms with Crippen LogP contribution in [0, 0.1) is 29.5 Å². The molecule has 2 nitrogen and oxygen atoms in total. The molecule has 0 aromatic heterocycles. The number of alkyl halides is 2. The molecule has 0 aliphatic heterocycles. The predicted molar refractivity (Wildman–Crippen MR) is 113 cm³/mol. The van der Waals surface area contributed by atoms with Gasteiger partial charge < -0.3 is 4.74 Å². The minimum Gasteiger partial charge on any atom is -0.491 e. The Balaban J connectivity index is 1.62. The van der Waals surface area contributed by atoms with Gasteiger partial charge in [-0.15, -0.1) is 0 Å². The number of hydrogen-bond donors (Lipinski definition) is 0. The molecule has 30 heavy (non-hydrogen) atoms. The summed E-state index contributed by atoms with van der Waals surface area (Å²) in [5, 5.41) is 0. The van der Waals surface area contributed by atoms with Crippen LogP contribution in [0.1, 0.15) is 100 Å². The van der Waals surface area contributed by atoms with Gasteiger partial charge in [-0.05, 0) is 75.3 Å². The van der Waals surface area contributed by atoms with Crippen LogP contribution in [0.15, 0.2) is 12.1 Å². The Kier molecular flexibility index (Phi) is 8.24. The summed E-state index contributed by atoms with van der Waals surface area (Å²) in [6.45, 7) is 4.09. The number of ketones is 1. The third-order valence-corrected chi connectivity index (χ3v) is 7.33. The van der Waals surface area contributed by atoms with Crippen LogP contribution in [-0.2, 0) is 0 Å². The zero-order chi connectivity index (χ0) is 21.7. The molecule has 1 aromatic rings. The van der Waals surface area contributed by atoms with Crippen LogP contribution in [0.5, 0.6) is 5.75 Å². The Bertz CT molecular complexity index is 703. The standard InChI is InChI=1S/C25H35F3O2/c1-3-5-16-6-8-17(9-7-16)18-10-12-19(13-11-18)24(29)20-14-15-21(30-4-2)23(26)22(20)25(27)28/h14-19,25H,3-13H2,1-2H3. The second-order valence-corrected chi connectivity index (χ2v) is 9.12. The van der Waals surface area contributed by atoms with E-state index in [0.717, 1.165) is 37.5 Å². The molecule has 0 atom stereocenters. The predicted octanol–water partition coefficient (Wildman–Crippen LogP) is 7.76. The number of rotatable bonds is 8. The lowest BCUT2D eigenvalue weighted by Crippen LogP contribution is -2.29. The van der Waals surface area contributed by atoms with Gasteiger partial charge in [-0.1, -0.05) is 32.6 Å². The zero-order valence-corrected chi connectivity index (χ0v) is 18.3. The van der Waals surface area contributed by atoms with Gasteiger partial charge in [-0.25, -0.2) is 13.2 Å². The van der Waals surface area contributed by atoms with Crippen LogP contribution in [0.4, 0.5) is 13.2 Å². The highest BCUT2D eigenvalue weighted by Gasteiger charge is 2.35. The van der Waals surface area contributed by atoms with Crippen LogP contribution in [0.2, 0.25) is 0 Å². The summed E-state index contributed by atoms with van der Waals surface area (Å²) >= 11 is 0. The van der Waals surface area contributed by atoms with Gasteiger partial charge in [0.1, 0.15) is 0 Å². The monoisotopic (exact) mass is 424 g/mol. The first kappa shape index (κ1) is 23.1. The van der Waals surface area contributed by atoms with Crippen LogP contribution >= 0.6 is 0 Å².